The Kier molecular flexibility index (Phi) is 6.57. The van der Waals surface area contributed by atoms with E-state index in [2.05, 4.69) is 67.3 Å². The molecule has 1 saturated carbocycles. The Labute approximate surface area is 171 Å². The lowest BCUT2D eigenvalue weighted by Gasteiger charge is -2.45. The number of piperidine rings is 1. The maximum atomic E-state index is 6.55. The van der Waals surface area contributed by atoms with Crippen molar-refractivity contribution in [3.05, 3.63) is 59.8 Å². The van der Waals surface area contributed by atoms with E-state index < -0.39 is 0 Å². The van der Waals surface area contributed by atoms with Crippen molar-refractivity contribution in [3.63, 3.8) is 0 Å². The summed E-state index contributed by atoms with van der Waals surface area (Å²) >= 11 is 0. The molecule has 3 unspecified atom stereocenters. The van der Waals surface area contributed by atoms with Gasteiger partial charge in [-0.2, -0.15) is 0 Å². The Bertz CT molecular complexity index is 671. The van der Waals surface area contributed by atoms with Gasteiger partial charge in [-0.15, -0.1) is 0 Å². The fraction of sp³-hybridized carbons (Fsp3) is 0.615. The molecule has 152 valence electrons. The normalized spacial score (nSPS) is 33.6. The van der Waals surface area contributed by atoms with E-state index in [-0.39, 0.29) is 0 Å². The van der Waals surface area contributed by atoms with Gasteiger partial charge in [-0.05, 0) is 74.3 Å². The number of benzene rings is 1. The molecule has 1 aromatic carbocycles. The van der Waals surface area contributed by atoms with Gasteiger partial charge in [-0.25, -0.2) is 0 Å². The van der Waals surface area contributed by atoms with Gasteiger partial charge in [0, 0.05) is 12.2 Å². The van der Waals surface area contributed by atoms with Crippen molar-refractivity contribution < 1.29 is 4.74 Å². The summed E-state index contributed by atoms with van der Waals surface area (Å²) < 4.78 is 6.55. The van der Waals surface area contributed by atoms with Gasteiger partial charge in [0.05, 0.1) is 18.8 Å². The minimum Gasteiger partial charge on any atom is -0.376 e. The summed E-state index contributed by atoms with van der Waals surface area (Å²) in [6.45, 7) is 6.90. The maximum absolute atomic E-state index is 6.55. The molecule has 0 radical (unpaired) electrons. The van der Waals surface area contributed by atoms with Crippen molar-refractivity contribution in [2.45, 2.75) is 76.9 Å². The minimum absolute atomic E-state index is 0.452. The standard InChI is InChI=1S/C26H37NO/c1-20-9-6-7-13-25(20)27-18-8-10-21(2)26(27)19-28-24-16-14-23(15-17-24)22-11-4-3-5-12-22/h3-7,11-13,20-21,23-24,26H,8-10,14-19H2,1-2H3. The van der Waals surface area contributed by atoms with Crippen molar-refractivity contribution >= 4 is 0 Å². The highest BCUT2D eigenvalue weighted by Gasteiger charge is 2.33. The van der Waals surface area contributed by atoms with E-state index in [4.69, 9.17) is 4.74 Å². The maximum Gasteiger partial charge on any atom is 0.0676 e. The van der Waals surface area contributed by atoms with Crippen LogP contribution in [0.1, 0.15) is 70.3 Å². The Morgan fingerprint density at radius 2 is 1.79 bits per heavy atom. The molecule has 1 aromatic rings. The lowest BCUT2D eigenvalue weighted by atomic mass is 9.82. The molecule has 0 amide bonds. The molecule has 1 heterocycles. The summed E-state index contributed by atoms with van der Waals surface area (Å²) in [4.78, 5) is 2.69. The lowest BCUT2D eigenvalue weighted by Crippen LogP contribution is -2.48. The quantitative estimate of drug-likeness (QED) is 0.594. The summed E-state index contributed by atoms with van der Waals surface area (Å²) in [5.74, 6) is 2.08. The first kappa shape index (κ1) is 19.8. The fourth-order valence-electron chi connectivity index (χ4n) is 5.46. The molecule has 3 atom stereocenters. The topological polar surface area (TPSA) is 12.5 Å². The van der Waals surface area contributed by atoms with Gasteiger partial charge in [0.15, 0.2) is 0 Å². The Hall–Kier alpha value is -1.54. The monoisotopic (exact) mass is 379 g/mol. The zero-order chi connectivity index (χ0) is 19.3. The third-order valence-corrected chi connectivity index (χ3v) is 7.29. The van der Waals surface area contributed by atoms with Crippen molar-refractivity contribution in [2.24, 2.45) is 11.8 Å². The molecule has 28 heavy (non-hydrogen) atoms. The van der Waals surface area contributed by atoms with E-state index >= 15 is 0 Å². The molecule has 2 fully saturated rings. The van der Waals surface area contributed by atoms with Crippen LogP contribution in [0, 0.1) is 11.8 Å². The van der Waals surface area contributed by atoms with Crippen LogP contribution in [0.4, 0.5) is 0 Å². The fourth-order valence-corrected chi connectivity index (χ4v) is 5.46. The van der Waals surface area contributed by atoms with Crippen LogP contribution in [0.3, 0.4) is 0 Å². The number of ether oxygens (including phenoxy) is 1. The minimum atomic E-state index is 0.452. The Morgan fingerprint density at radius 1 is 1.00 bits per heavy atom. The smallest absolute Gasteiger partial charge is 0.0676 e. The van der Waals surface area contributed by atoms with Gasteiger partial charge in [0.1, 0.15) is 0 Å². The summed E-state index contributed by atoms with van der Waals surface area (Å²) in [6.07, 6.45) is 16.1. The summed E-state index contributed by atoms with van der Waals surface area (Å²) in [6, 6.07) is 11.6. The van der Waals surface area contributed by atoms with Crippen molar-refractivity contribution in [1.82, 2.24) is 4.90 Å². The summed E-state index contributed by atoms with van der Waals surface area (Å²) in [5.41, 5.74) is 3.05. The van der Waals surface area contributed by atoms with Crippen molar-refractivity contribution in [2.75, 3.05) is 13.2 Å². The Balaban J connectivity index is 1.33. The molecule has 1 saturated heterocycles. The zero-order valence-corrected chi connectivity index (χ0v) is 17.7. The van der Waals surface area contributed by atoms with E-state index in [1.54, 1.807) is 0 Å². The first-order valence-corrected chi connectivity index (χ1v) is 11.5. The van der Waals surface area contributed by atoms with Crippen LogP contribution in [-0.4, -0.2) is 30.2 Å². The van der Waals surface area contributed by atoms with Gasteiger partial charge in [-0.3, -0.25) is 0 Å². The van der Waals surface area contributed by atoms with Crippen LogP contribution in [0.2, 0.25) is 0 Å². The average Bonchev–Trinajstić information content (AvgIpc) is 2.74. The molecule has 2 aliphatic carbocycles. The van der Waals surface area contributed by atoms with E-state index in [0.29, 0.717) is 24.0 Å². The lowest BCUT2D eigenvalue weighted by molar-refractivity contribution is -0.0282. The largest absolute Gasteiger partial charge is 0.376 e. The van der Waals surface area contributed by atoms with E-state index in [1.807, 2.05) is 0 Å². The number of hydrogen-bond acceptors (Lipinski definition) is 2. The molecule has 4 rings (SSSR count). The van der Waals surface area contributed by atoms with Crippen LogP contribution in [0.15, 0.2) is 54.3 Å². The Morgan fingerprint density at radius 3 is 2.54 bits per heavy atom. The molecule has 2 nitrogen and oxygen atoms in total. The summed E-state index contributed by atoms with van der Waals surface area (Å²) in [7, 11) is 0. The van der Waals surface area contributed by atoms with Gasteiger partial charge in [0.25, 0.3) is 0 Å². The number of likely N-dealkylation sites (tertiary alicyclic amines) is 1. The molecule has 3 aliphatic rings. The molecular formula is C26H37NO. The van der Waals surface area contributed by atoms with Crippen molar-refractivity contribution in [1.29, 1.82) is 0 Å². The number of rotatable bonds is 5. The highest BCUT2D eigenvalue weighted by Crippen LogP contribution is 2.36. The SMILES string of the molecule is CC1CC=CC=C1N1CCCC(C)C1COC1CCC(c2ccccc2)CC1. The molecule has 0 N–H and O–H groups in total. The third-order valence-electron chi connectivity index (χ3n) is 7.29. The molecule has 2 heteroatoms. The van der Waals surface area contributed by atoms with Gasteiger partial charge >= 0.3 is 0 Å². The predicted molar refractivity (Wildman–Crippen MR) is 117 cm³/mol. The van der Waals surface area contributed by atoms with Gasteiger partial charge in [-0.1, -0.05) is 56.3 Å². The number of hydrogen-bond donors (Lipinski definition) is 0. The molecular weight excluding hydrogens is 342 g/mol. The van der Waals surface area contributed by atoms with Crippen molar-refractivity contribution in [3.8, 4) is 0 Å². The van der Waals surface area contributed by atoms with E-state index in [9.17, 15) is 0 Å². The second-order valence-electron chi connectivity index (χ2n) is 9.25. The highest BCUT2D eigenvalue weighted by atomic mass is 16.5. The highest BCUT2D eigenvalue weighted by molar-refractivity contribution is 5.21. The first-order valence-electron chi connectivity index (χ1n) is 11.5. The summed E-state index contributed by atoms with van der Waals surface area (Å²) in [5, 5.41) is 0. The molecule has 0 aromatic heterocycles. The van der Waals surface area contributed by atoms with Crippen LogP contribution < -0.4 is 0 Å². The van der Waals surface area contributed by atoms with Crippen LogP contribution >= 0.6 is 0 Å². The van der Waals surface area contributed by atoms with E-state index in [1.165, 1.54) is 62.8 Å². The molecule has 0 spiro atoms. The van der Waals surface area contributed by atoms with Crippen LogP contribution in [0.5, 0.6) is 0 Å². The van der Waals surface area contributed by atoms with Crippen LogP contribution in [0.25, 0.3) is 0 Å². The van der Waals surface area contributed by atoms with Crippen LogP contribution in [-0.2, 0) is 4.74 Å². The second kappa shape index (κ2) is 9.31. The molecule has 0 bridgehead atoms. The number of nitrogens with zero attached hydrogens (tertiary/aromatic N) is 1. The van der Waals surface area contributed by atoms with Gasteiger partial charge < -0.3 is 9.64 Å². The first-order chi connectivity index (χ1) is 13.7. The van der Waals surface area contributed by atoms with Gasteiger partial charge in [0.2, 0.25) is 0 Å². The third kappa shape index (κ3) is 4.54. The van der Waals surface area contributed by atoms with E-state index in [0.717, 1.165) is 12.5 Å². The molecule has 1 aliphatic heterocycles. The zero-order valence-electron chi connectivity index (χ0n) is 17.7. The average molecular weight is 380 g/mol. The predicted octanol–water partition coefficient (Wildman–Crippen LogP) is 6.31. The second-order valence-corrected chi connectivity index (χ2v) is 9.25. The number of allylic oxidation sites excluding steroid dienone is 4.